The molecule has 0 atom stereocenters. The molecule has 4 heteroatoms. The van der Waals surface area contributed by atoms with Crippen molar-refractivity contribution in [2.24, 2.45) is 0 Å². The van der Waals surface area contributed by atoms with Crippen molar-refractivity contribution < 1.29 is 129 Å². The Hall–Kier alpha value is 4.32. The Morgan fingerprint density at radius 2 is 1.00 bits per heavy atom. The first kappa shape index (κ1) is 23.9. The van der Waals surface area contributed by atoms with Crippen molar-refractivity contribution in [3.63, 3.8) is 0 Å². The normalized spacial score (nSPS) is 0. The van der Waals surface area contributed by atoms with E-state index in [0.29, 0.717) is 0 Å². The molecule has 0 aliphatic carbocycles. The maximum absolute atomic E-state index is 0. The first-order chi connectivity index (χ1) is 0. The third kappa shape index (κ3) is 9.59. The largest absolute Gasteiger partial charge is 0 e. The van der Waals surface area contributed by atoms with Crippen LogP contribution in [0.3, 0.4) is 0 Å². The summed E-state index contributed by atoms with van der Waals surface area (Å²) in [5, 5.41) is 0. The van der Waals surface area contributed by atoms with Gasteiger partial charge in [0.05, 0.1) is 0 Å². The summed E-state index contributed by atoms with van der Waals surface area (Å²) in [7, 11) is 0. The van der Waals surface area contributed by atoms with E-state index in [1.165, 1.54) is 0 Å². The van der Waals surface area contributed by atoms with Crippen LogP contribution in [-0.4, -0.2) is 0 Å². The summed E-state index contributed by atoms with van der Waals surface area (Å²) in [6.45, 7) is 0. The Labute approximate surface area is 126 Å². The van der Waals surface area contributed by atoms with Crippen LogP contribution in [0, 0.1) is 77.3 Å². The van der Waals surface area contributed by atoms with Gasteiger partial charge in [0, 0.05) is 129 Å². The van der Waals surface area contributed by atoms with E-state index >= 15 is 0 Å². The minimum atomic E-state index is 0. The maximum atomic E-state index is 0. The summed E-state index contributed by atoms with van der Waals surface area (Å²) >= 11 is 0. The van der Waals surface area contributed by atoms with Crippen molar-refractivity contribution in [3.05, 3.63) is 0 Å². The van der Waals surface area contributed by atoms with E-state index < -0.39 is 0 Å². The van der Waals surface area contributed by atoms with E-state index in [4.69, 9.17) is 0 Å². The molecule has 0 unspecified atom stereocenters. The summed E-state index contributed by atoms with van der Waals surface area (Å²) < 4.78 is 0. The van der Waals surface area contributed by atoms with Gasteiger partial charge in [-0.15, -0.1) is 0 Å². The molecule has 0 amide bonds. The van der Waals surface area contributed by atoms with Crippen LogP contribution in [0.25, 0.3) is 0 Å². The van der Waals surface area contributed by atoms with Crippen molar-refractivity contribution >= 4 is 0 Å². The smallest absolute Gasteiger partial charge is 0 e. The van der Waals surface area contributed by atoms with Crippen LogP contribution in [0.2, 0.25) is 0 Å². The predicted molar refractivity (Wildman–Crippen MR) is 0 cm³/mol. The Bertz CT molecular complexity index is 8.00. The van der Waals surface area contributed by atoms with Crippen LogP contribution in [0.4, 0.5) is 0 Å². The van der Waals surface area contributed by atoms with Gasteiger partial charge >= 0.3 is 0 Å². The van der Waals surface area contributed by atoms with Crippen LogP contribution in [0.15, 0.2) is 0 Å². The molecule has 0 bridgehead atoms. The SMILES string of the molecule is [Ce].[Hf].[La].[Zr]. The standard InChI is InChI=1S/Ce.Hf.La.Zr. The molecule has 4 heavy (non-hydrogen) atoms. The topological polar surface area (TPSA) is 0 Å². The third-order valence-corrected chi connectivity index (χ3v) is 0. The average Bonchev–Trinajstić information content (AvgIpc) is 0. The Morgan fingerprint density at radius 1 is 1.00 bits per heavy atom. The molecule has 0 aromatic carbocycles. The molecule has 0 aliphatic heterocycles. The van der Waals surface area contributed by atoms with Gasteiger partial charge in [-0.3, -0.25) is 0 Å². The van der Waals surface area contributed by atoms with E-state index in [1.807, 2.05) is 0 Å². The minimum absolute atomic E-state index is 0. The number of hydrogen-bond acceptors (Lipinski definition) is 0. The fourth-order valence-electron chi connectivity index (χ4n) is 0. The second-order valence-electron chi connectivity index (χ2n) is 0. The maximum Gasteiger partial charge on any atom is 0 e. The Morgan fingerprint density at radius 3 is 1.00 bits per heavy atom. The van der Waals surface area contributed by atoms with E-state index in [1.54, 1.807) is 0 Å². The van der Waals surface area contributed by atoms with Gasteiger partial charge in [-0.25, -0.2) is 0 Å². The summed E-state index contributed by atoms with van der Waals surface area (Å²) in [6.07, 6.45) is 0. The van der Waals surface area contributed by atoms with E-state index in [0.717, 1.165) is 0 Å². The summed E-state index contributed by atoms with van der Waals surface area (Å²) in [4.78, 5) is 0. The quantitative estimate of drug-likeness (QED) is 0.374. The Kier molecular flexibility index (Phi) is 93.5. The molecular formula is CeHfLaZr. The van der Waals surface area contributed by atoms with Crippen molar-refractivity contribution in [3.8, 4) is 0 Å². The Balaban J connectivity index is 0. The molecule has 0 aliphatic rings. The molecule has 0 N–H and O–H groups in total. The zero-order valence-corrected chi connectivity index (χ0v) is 14.9. The van der Waals surface area contributed by atoms with Gasteiger partial charge in [0.1, 0.15) is 0 Å². The number of rotatable bonds is 0. The van der Waals surface area contributed by atoms with Gasteiger partial charge in [0.2, 0.25) is 0 Å². The molecule has 0 saturated heterocycles. The van der Waals surface area contributed by atoms with Crippen molar-refractivity contribution in [2.45, 2.75) is 0 Å². The van der Waals surface area contributed by atoms with Gasteiger partial charge in [0.15, 0.2) is 0 Å². The first-order valence-electron chi connectivity index (χ1n) is 0. The molecular weight excluding hydrogens is 549 g/mol. The average molecular weight is 549 g/mol. The molecule has 0 rings (SSSR count). The van der Waals surface area contributed by atoms with Crippen LogP contribution in [0.5, 0.6) is 0 Å². The number of hydrogen-bond donors (Lipinski definition) is 0. The summed E-state index contributed by atoms with van der Waals surface area (Å²) in [5.41, 5.74) is 0. The van der Waals surface area contributed by atoms with Crippen LogP contribution >= 0.6 is 0 Å². The zero-order chi connectivity index (χ0) is 0. The van der Waals surface area contributed by atoms with E-state index in [2.05, 4.69) is 0 Å². The molecule has 0 heterocycles. The van der Waals surface area contributed by atoms with Gasteiger partial charge in [0.25, 0.3) is 0 Å². The van der Waals surface area contributed by atoms with E-state index in [9.17, 15) is 0 Å². The van der Waals surface area contributed by atoms with Crippen molar-refractivity contribution in [1.29, 1.82) is 0 Å². The van der Waals surface area contributed by atoms with E-state index in [-0.39, 0.29) is 129 Å². The molecule has 0 aromatic rings. The van der Waals surface area contributed by atoms with Gasteiger partial charge in [-0.2, -0.15) is 0 Å². The third-order valence-electron chi connectivity index (χ3n) is 0. The molecule has 0 spiro atoms. The molecule has 0 aromatic heterocycles. The molecule has 0 nitrogen and oxygen atoms in total. The summed E-state index contributed by atoms with van der Waals surface area (Å²) in [5.74, 6) is 0. The summed E-state index contributed by atoms with van der Waals surface area (Å²) in [6, 6.07) is 0. The van der Waals surface area contributed by atoms with Crippen LogP contribution in [0.1, 0.15) is 0 Å². The predicted octanol–water partition coefficient (Wildman–Crippen LogP) is -0.00500. The van der Waals surface area contributed by atoms with Crippen LogP contribution in [-0.2, 0) is 52.0 Å². The van der Waals surface area contributed by atoms with Gasteiger partial charge in [-0.1, -0.05) is 0 Å². The second kappa shape index (κ2) is 15.7. The van der Waals surface area contributed by atoms with Gasteiger partial charge < -0.3 is 0 Å². The molecule has 15 valence electrons. The van der Waals surface area contributed by atoms with Gasteiger partial charge in [-0.05, 0) is 0 Å². The molecule has 1 radical (unpaired) electrons. The zero-order valence-electron chi connectivity index (χ0n) is 2.08. The second-order valence-corrected chi connectivity index (χ2v) is 0. The molecule has 0 saturated carbocycles. The monoisotopic (exact) mass is 549 g/mol. The minimum Gasteiger partial charge on any atom is 0 e. The fraction of sp³-hybridized carbons (Fsp3) is 0. The van der Waals surface area contributed by atoms with Crippen molar-refractivity contribution in [1.82, 2.24) is 0 Å². The fourth-order valence-corrected chi connectivity index (χ4v) is 0. The first-order valence-corrected chi connectivity index (χ1v) is 0. The molecule has 0 fully saturated rings. The van der Waals surface area contributed by atoms with Crippen LogP contribution < -0.4 is 0 Å². The van der Waals surface area contributed by atoms with Crippen molar-refractivity contribution in [2.75, 3.05) is 0 Å².